The van der Waals surface area contributed by atoms with E-state index in [4.69, 9.17) is 9.47 Å². The molecule has 2 N–H and O–H groups in total. The summed E-state index contributed by atoms with van der Waals surface area (Å²) in [6.07, 6.45) is 2.25. The van der Waals surface area contributed by atoms with Crippen LogP contribution in [0, 0.1) is 0 Å². The monoisotopic (exact) mass is 448 g/mol. The Morgan fingerprint density at radius 2 is 1.82 bits per heavy atom. The smallest absolute Gasteiger partial charge is 0.255 e. The number of anilines is 2. The zero-order chi connectivity index (χ0) is 20.5. The molecule has 0 spiro atoms. The molecule has 150 valence electrons. The predicted molar refractivity (Wildman–Crippen MR) is 114 cm³/mol. The number of nitrogens with one attached hydrogen (secondary N) is 2. The van der Waals surface area contributed by atoms with Gasteiger partial charge < -0.3 is 20.1 Å². The van der Waals surface area contributed by atoms with Crippen molar-refractivity contribution in [1.29, 1.82) is 0 Å². The molecule has 0 aliphatic heterocycles. The molecule has 0 unspecified atom stereocenters. The number of halogens is 1. The molecule has 0 aromatic heterocycles. The van der Waals surface area contributed by atoms with Gasteiger partial charge in [0.05, 0.1) is 23.9 Å². The minimum atomic E-state index is -0.259. The van der Waals surface area contributed by atoms with Gasteiger partial charge in [-0.15, -0.1) is 0 Å². The average Bonchev–Trinajstić information content (AvgIpc) is 2.69. The van der Waals surface area contributed by atoms with Crippen LogP contribution in [0.15, 0.2) is 40.9 Å². The number of hydrogen-bond acceptors (Lipinski definition) is 4. The van der Waals surface area contributed by atoms with Crippen molar-refractivity contribution in [2.45, 2.75) is 33.1 Å². The molecule has 2 rings (SSSR count). The Labute approximate surface area is 173 Å². The predicted octanol–water partition coefficient (Wildman–Crippen LogP) is 5.24. The summed E-state index contributed by atoms with van der Waals surface area (Å²) in [6.45, 7) is 4.48. The number of rotatable bonds is 9. The first-order chi connectivity index (χ1) is 13.5. The van der Waals surface area contributed by atoms with Crippen LogP contribution < -0.4 is 20.1 Å². The number of carbonyl (C=O) groups is 2. The van der Waals surface area contributed by atoms with Gasteiger partial charge in [-0.3, -0.25) is 9.59 Å². The number of ether oxygens (including phenoxy) is 2. The van der Waals surface area contributed by atoms with Gasteiger partial charge in [0, 0.05) is 23.7 Å². The molecular weight excluding hydrogens is 424 g/mol. The molecule has 0 aliphatic carbocycles. The van der Waals surface area contributed by atoms with Crippen LogP contribution in [0.2, 0.25) is 0 Å². The normalized spacial score (nSPS) is 10.3. The number of carbonyl (C=O) groups excluding carboxylic acids is 2. The lowest BCUT2D eigenvalue weighted by molar-refractivity contribution is -0.116. The Morgan fingerprint density at radius 1 is 1.04 bits per heavy atom. The maximum Gasteiger partial charge on any atom is 0.255 e. The lowest BCUT2D eigenvalue weighted by atomic mass is 10.2. The molecule has 0 aliphatic rings. The molecule has 2 aromatic rings. The highest BCUT2D eigenvalue weighted by Gasteiger charge is 2.12. The number of benzene rings is 2. The van der Waals surface area contributed by atoms with Gasteiger partial charge in [-0.05, 0) is 59.6 Å². The van der Waals surface area contributed by atoms with E-state index in [1.54, 1.807) is 36.4 Å². The quantitative estimate of drug-likeness (QED) is 0.549. The van der Waals surface area contributed by atoms with E-state index in [9.17, 15) is 9.59 Å². The maximum atomic E-state index is 12.5. The Balaban J connectivity index is 2.10. The maximum absolute atomic E-state index is 12.5. The van der Waals surface area contributed by atoms with Crippen LogP contribution in [-0.2, 0) is 4.79 Å². The molecule has 0 fully saturated rings. The van der Waals surface area contributed by atoms with Crippen molar-refractivity contribution in [3.63, 3.8) is 0 Å². The standard InChI is InChI=1S/C21H25BrN2O4/c1-4-6-7-20(25)24-17-10-9-15(13-19(17)27-3)23-21(26)14-8-11-18(28-5-2)16(22)12-14/h8-13H,4-7H2,1-3H3,(H,23,26)(H,24,25). The first kappa shape index (κ1) is 21.8. The van der Waals surface area contributed by atoms with Crippen molar-refractivity contribution in [3.05, 3.63) is 46.4 Å². The van der Waals surface area contributed by atoms with E-state index in [2.05, 4.69) is 26.6 Å². The summed E-state index contributed by atoms with van der Waals surface area (Å²) in [6, 6.07) is 10.3. The molecule has 28 heavy (non-hydrogen) atoms. The van der Waals surface area contributed by atoms with Crippen LogP contribution in [0.3, 0.4) is 0 Å². The molecule has 2 amide bonds. The van der Waals surface area contributed by atoms with Crippen molar-refractivity contribution in [2.24, 2.45) is 0 Å². The number of unbranched alkanes of at least 4 members (excludes halogenated alkanes) is 1. The number of amides is 2. The van der Waals surface area contributed by atoms with Crippen molar-refractivity contribution in [1.82, 2.24) is 0 Å². The third-order valence-electron chi connectivity index (χ3n) is 3.98. The van der Waals surface area contributed by atoms with Gasteiger partial charge in [0.1, 0.15) is 11.5 Å². The molecular formula is C21H25BrN2O4. The van der Waals surface area contributed by atoms with Gasteiger partial charge in [-0.25, -0.2) is 0 Å². The molecule has 0 saturated heterocycles. The van der Waals surface area contributed by atoms with Gasteiger partial charge >= 0.3 is 0 Å². The van der Waals surface area contributed by atoms with Crippen LogP contribution in [-0.4, -0.2) is 25.5 Å². The first-order valence-corrected chi connectivity index (χ1v) is 9.99. The highest BCUT2D eigenvalue weighted by molar-refractivity contribution is 9.10. The number of hydrogen-bond donors (Lipinski definition) is 2. The Kier molecular flexibility index (Phi) is 8.32. The fourth-order valence-corrected chi connectivity index (χ4v) is 3.03. The molecule has 6 nitrogen and oxygen atoms in total. The van der Waals surface area contributed by atoms with Crippen LogP contribution in [0.4, 0.5) is 11.4 Å². The zero-order valence-electron chi connectivity index (χ0n) is 16.3. The van der Waals surface area contributed by atoms with E-state index in [-0.39, 0.29) is 11.8 Å². The van der Waals surface area contributed by atoms with Crippen LogP contribution in [0.5, 0.6) is 11.5 Å². The van der Waals surface area contributed by atoms with Gasteiger partial charge in [0.15, 0.2) is 0 Å². The topological polar surface area (TPSA) is 76.7 Å². The van der Waals surface area contributed by atoms with Gasteiger partial charge in [0.25, 0.3) is 5.91 Å². The molecule has 7 heteroatoms. The third kappa shape index (κ3) is 5.99. The summed E-state index contributed by atoms with van der Waals surface area (Å²) < 4.78 is 11.5. The molecule has 0 atom stereocenters. The fraction of sp³-hybridized carbons (Fsp3) is 0.333. The lowest BCUT2D eigenvalue weighted by Gasteiger charge is -2.13. The van der Waals surface area contributed by atoms with Crippen molar-refractivity contribution >= 4 is 39.1 Å². The molecule has 0 radical (unpaired) electrons. The summed E-state index contributed by atoms with van der Waals surface area (Å²) in [5.74, 6) is 0.848. The Hall–Kier alpha value is -2.54. The minimum Gasteiger partial charge on any atom is -0.494 e. The second kappa shape index (κ2) is 10.7. The van der Waals surface area contributed by atoms with Crippen molar-refractivity contribution in [2.75, 3.05) is 24.4 Å². The van der Waals surface area contributed by atoms with Crippen LogP contribution >= 0.6 is 15.9 Å². The van der Waals surface area contributed by atoms with Crippen LogP contribution in [0.1, 0.15) is 43.5 Å². The summed E-state index contributed by atoms with van der Waals surface area (Å²) in [5, 5.41) is 5.67. The highest BCUT2D eigenvalue weighted by Crippen LogP contribution is 2.29. The molecule has 0 saturated carbocycles. The SMILES string of the molecule is CCCCC(=O)Nc1ccc(NC(=O)c2ccc(OCC)c(Br)c2)cc1OC. The highest BCUT2D eigenvalue weighted by atomic mass is 79.9. The molecule has 2 aromatic carbocycles. The Bertz CT molecular complexity index is 839. The summed E-state index contributed by atoms with van der Waals surface area (Å²) in [4.78, 5) is 24.5. The second-order valence-electron chi connectivity index (χ2n) is 6.10. The van der Waals surface area contributed by atoms with Gasteiger partial charge in [-0.1, -0.05) is 13.3 Å². The fourth-order valence-electron chi connectivity index (χ4n) is 2.54. The summed E-state index contributed by atoms with van der Waals surface area (Å²) in [5.41, 5.74) is 1.63. The minimum absolute atomic E-state index is 0.0591. The van der Waals surface area contributed by atoms with E-state index in [1.807, 2.05) is 13.8 Å². The summed E-state index contributed by atoms with van der Waals surface area (Å²) in [7, 11) is 1.52. The van der Waals surface area contributed by atoms with Crippen molar-refractivity contribution < 1.29 is 19.1 Å². The number of methoxy groups -OCH3 is 1. The van der Waals surface area contributed by atoms with Crippen LogP contribution in [0.25, 0.3) is 0 Å². The van der Waals surface area contributed by atoms with E-state index in [1.165, 1.54) is 7.11 Å². The third-order valence-corrected chi connectivity index (χ3v) is 4.60. The summed E-state index contributed by atoms with van der Waals surface area (Å²) >= 11 is 3.41. The lowest BCUT2D eigenvalue weighted by Crippen LogP contribution is -2.14. The molecule has 0 bridgehead atoms. The van der Waals surface area contributed by atoms with E-state index >= 15 is 0 Å². The van der Waals surface area contributed by atoms with E-state index in [0.29, 0.717) is 45.9 Å². The largest absolute Gasteiger partial charge is 0.494 e. The Morgan fingerprint density at radius 3 is 2.46 bits per heavy atom. The van der Waals surface area contributed by atoms with E-state index in [0.717, 1.165) is 12.8 Å². The second-order valence-corrected chi connectivity index (χ2v) is 6.95. The molecule has 0 heterocycles. The zero-order valence-corrected chi connectivity index (χ0v) is 17.9. The average molecular weight is 449 g/mol. The van der Waals surface area contributed by atoms with Crippen molar-refractivity contribution in [3.8, 4) is 11.5 Å². The first-order valence-electron chi connectivity index (χ1n) is 9.20. The van der Waals surface area contributed by atoms with E-state index < -0.39 is 0 Å². The van der Waals surface area contributed by atoms with Gasteiger partial charge in [-0.2, -0.15) is 0 Å². The van der Waals surface area contributed by atoms with Gasteiger partial charge in [0.2, 0.25) is 5.91 Å².